The van der Waals surface area contributed by atoms with Crippen molar-refractivity contribution in [3.8, 4) is 5.69 Å². The summed E-state index contributed by atoms with van der Waals surface area (Å²) in [5.74, 6) is -0.548. The Morgan fingerprint density at radius 2 is 1.76 bits per heavy atom. The van der Waals surface area contributed by atoms with Gasteiger partial charge in [-0.1, -0.05) is 48.0 Å². The van der Waals surface area contributed by atoms with Crippen molar-refractivity contribution >= 4 is 46.1 Å². The van der Waals surface area contributed by atoms with E-state index in [1.165, 1.54) is 4.90 Å². The maximum atomic E-state index is 12.8. The zero-order chi connectivity index (χ0) is 23.1. The van der Waals surface area contributed by atoms with E-state index in [2.05, 4.69) is 10.5 Å². The number of aromatic nitrogens is 1. The topological polar surface area (TPSA) is 66.7 Å². The maximum absolute atomic E-state index is 12.8. The minimum absolute atomic E-state index is 0.109. The van der Waals surface area contributed by atoms with E-state index in [1.807, 2.05) is 79.1 Å². The molecule has 0 aliphatic carbocycles. The van der Waals surface area contributed by atoms with Gasteiger partial charge in [-0.15, -0.1) is 0 Å². The summed E-state index contributed by atoms with van der Waals surface area (Å²) >= 11 is 6.37. The van der Waals surface area contributed by atoms with Crippen molar-refractivity contribution in [2.24, 2.45) is 5.10 Å². The highest BCUT2D eigenvalue weighted by Crippen LogP contribution is 2.36. The van der Waals surface area contributed by atoms with Crippen molar-refractivity contribution in [1.82, 2.24) is 9.99 Å². The van der Waals surface area contributed by atoms with E-state index in [4.69, 9.17) is 11.6 Å². The Hall–Kier alpha value is -3.90. The van der Waals surface area contributed by atoms with Crippen molar-refractivity contribution in [1.29, 1.82) is 0 Å². The lowest BCUT2D eigenvalue weighted by molar-refractivity contribution is -0.119. The van der Waals surface area contributed by atoms with Crippen molar-refractivity contribution < 1.29 is 9.59 Å². The number of amides is 2. The van der Waals surface area contributed by atoms with Gasteiger partial charge in [-0.25, -0.2) is 5.43 Å². The molecule has 1 aliphatic heterocycles. The van der Waals surface area contributed by atoms with Gasteiger partial charge in [0.15, 0.2) is 0 Å². The molecule has 3 aromatic carbocycles. The van der Waals surface area contributed by atoms with Crippen LogP contribution >= 0.6 is 11.6 Å². The number of hydrogen-bond donors (Lipinski definition) is 1. The van der Waals surface area contributed by atoms with Gasteiger partial charge in [0.05, 0.1) is 22.6 Å². The summed E-state index contributed by atoms with van der Waals surface area (Å²) in [6, 6.07) is 20.9. The SMILES string of the molecule is Cc1cc(/C=N\NC(=O)CN2C(=O)c3cccc4cccc2c34)c(C)n1-c1ccccc1Cl. The zero-order valence-electron chi connectivity index (χ0n) is 18.2. The average Bonchev–Trinajstić information content (AvgIpc) is 3.24. The quantitative estimate of drug-likeness (QED) is 0.339. The fourth-order valence-corrected chi connectivity index (χ4v) is 4.63. The third-order valence-corrected chi connectivity index (χ3v) is 6.23. The molecule has 0 radical (unpaired) electrons. The number of hydrazone groups is 1. The number of benzene rings is 3. The summed E-state index contributed by atoms with van der Waals surface area (Å²) < 4.78 is 2.05. The highest BCUT2D eigenvalue weighted by Gasteiger charge is 2.30. The van der Waals surface area contributed by atoms with Crippen molar-refractivity contribution in [3.63, 3.8) is 0 Å². The van der Waals surface area contributed by atoms with Crippen LogP contribution in [0.5, 0.6) is 0 Å². The minimum atomic E-state index is -0.371. The normalized spacial score (nSPS) is 12.8. The van der Waals surface area contributed by atoms with Gasteiger partial charge >= 0.3 is 0 Å². The molecule has 33 heavy (non-hydrogen) atoms. The van der Waals surface area contributed by atoms with Crippen molar-refractivity contribution in [3.05, 3.63) is 94.3 Å². The molecule has 6 nitrogen and oxygen atoms in total. The molecule has 0 atom stereocenters. The number of para-hydroxylation sites is 1. The van der Waals surface area contributed by atoms with Crippen LogP contribution in [0.1, 0.15) is 27.3 Å². The van der Waals surface area contributed by atoms with Crippen LogP contribution in [0.2, 0.25) is 5.02 Å². The third-order valence-electron chi connectivity index (χ3n) is 5.91. The van der Waals surface area contributed by atoms with E-state index >= 15 is 0 Å². The average molecular weight is 457 g/mol. The van der Waals surface area contributed by atoms with E-state index in [-0.39, 0.29) is 18.4 Å². The molecule has 2 heterocycles. The van der Waals surface area contributed by atoms with Crippen molar-refractivity contribution in [2.75, 3.05) is 11.4 Å². The number of carbonyl (C=O) groups is 2. The second kappa shape index (κ2) is 8.22. The Bertz CT molecular complexity index is 1450. The molecule has 0 unspecified atom stereocenters. The number of hydrogen-bond acceptors (Lipinski definition) is 3. The van der Waals surface area contributed by atoms with E-state index in [0.29, 0.717) is 10.6 Å². The summed E-state index contributed by atoms with van der Waals surface area (Å²) in [6.07, 6.45) is 1.61. The number of halogens is 1. The molecule has 2 amide bonds. The van der Waals surface area contributed by atoms with Crippen molar-refractivity contribution in [2.45, 2.75) is 13.8 Å². The van der Waals surface area contributed by atoms with Crippen LogP contribution in [0.25, 0.3) is 16.5 Å². The monoisotopic (exact) mass is 456 g/mol. The third kappa shape index (κ3) is 3.58. The van der Waals surface area contributed by atoms with Crippen LogP contribution in [0.3, 0.4) is 0 Å². The molecular formula is C26H21ClN4O2. The number of carbonyl (C=O) groups excluding carboxylic acids is 2. The molecule has 5 rings (SSSR count). The van der Waals surface area contributed by atoms with Gasteiger partial charge in [-0.3, -0.25) is 14.5 Å². The summed E-state index contributed by atoms with van der Waals surface area (Å²) in [7, 11) is 0. The molecule has 0 bridgehead atoms. The Balaban J connectivity index is 1.32. The molecule has 7 heteroatoms. The standard InChI is InChI=1S/C26H21ClN4O2/c1-16-13-19(17(2)31(16)22-11-4-3-10-21(22)27)14-28-29-24(32)15-30-23-12-6-8-18-7-5-9-20(25(18)23)26(30)33/h3-14H,15H2,1-2H3,(H,29,32)/b28-14-. The van der Waals surface area contributed by atoms with Crippen LogP contribution < -0.4 is 10.3 Å². The predicted octanol–water partition coefficient (Wildman–Crippen LogP) is 5.01. The van der Waals surface area contributed by atoms with E-state index in [9.17, 15) is 9.59 Å². The first-order chi connectivity index (χ1) is 16.0. The van der Waals surface area contributed by atoms with Gasteiger partial charge in [-0.2, -0.15) is 5.10 Å². The van der Waals surface area contributed by atoms with Crippen LogP contribution in [0.15, 0.2) is 71.8 Å². The maximum Gasteiger partial charge on any atom is 0.260 e. The molecule has 4 aromatic rings. The van der Waals surface area contributed by atoms with Gasteiger partial charge in [-0.05, 0) is 49.6 Å². The van der Waals surface area contributed by atoms with Crippen LogP contribution in [0, 0.1) is 13.8 Å². The Kier molecular flexibility index (Phi) is 5.23. The smallest absolute Gasteiger partial charge is 0.260 e. The lowest BCUT2D eigenvalue weighted by Crippen LogP contribution is -2.37. The summed E-state index contributed by atoms with van der Waals surface area (Å²) in [5, 5.41) is 6.65. The van der Waals surface area contributed by atoms with Crippen LogP contribution in [-0.4, -0.2) is 29.1 Å². The summed E-state index contributed by atoms with van der Waals surface area (Å²) in [6.45, 7) is 3.85. The first-order valence-electron chi connectivity index (χ1n) is 10.5. The fraction of sp³-hybridized carbons (Fsp3) is 0.115. The van der Waals surface area contributed by atoms with Gasteiger partial charge in [0.1, 0.15) is 6.54 Å². The Morgan fingerprint density at radius 1 is 1.03 bits per heavy atom. The molecule has 0 saturated carbocycles. The number of rotatable bonds is 5. The molecule has 1 aromatic heterocycles. The first-order valence-corrected chi connectivity index (χ1v) is 10.9. The zero-order valence-corrected chi connectivity index (χ0v) is 18.9. The van der Waals surface area contributed by atoms with Gasteiger partial charge in [0.25, 0.3) is 11.8 Å². The summed E-state index contributed by atoms with van der Waals surface area (Å²) in [4.78, 5) is 26.9. The number of nitrogens with one attached hydrogen (secondary N) is 1. The molecular weight excluding hydrogens is 436 g/mol. The van der Waals surface area contributed by atoms with Gasteiger partial charge in [0.2, 0.25) is 0 Å². The van der Waals surface area contributed by atoms with E-state index in [1.54, 1.807) is 12.3 Å². The molecule has 1 N–H and O–H groups in total. The molecule has 0 spiro atoms. The van der Waals surface area contributed by atoms with Gasteiger partial charge < -0.3 is 4.57 Å². The number of anilines is 1. The fourth-order valence-electron chi connectivity index (χ4n) is 4.41. The Morgan fingerprint density at radius 3 is 2.55 bits per heavy atom. The minimum Gasteiger partial charge on any atom is -0.316 e. The van der Waals surface area contributed by atoms with Crippen LogP contribution in [0.4, 0.5) is 5.69 Å². The predicted molar refractivity (Wildman–Crippen MR) is 132 cm³/mol. The van der Waals surface area contributed by atoms with E-state index < -0.39 is 0 Å². The number of nitrogens with zero attached hydrogens (tertiary/aromatic N) is 3. The van der Waals surface area contributed by atoms with Crippen LogP contribution in [-0.2, 0) is 4.79 Å². The second-order valence-corrected chi connectivity index (χ2v) is 8.39. The number of aryl methyl sites for hydroxylation is 1. The molecule has 1 aliphatic rings. The molecule has 0 fully saturated rings. The molecule has 164 valence electrons. The summed E-state index contributed by atoms with van der Waals surface area (Å²) in [5.41, 5.74) is 7.62. The highest BCUT2D eigenvalue weighted by molar-refractivity contribution is 6.32. The largest absolute Gasteiger partial charge is 0.316 e. The Labute approximate surface area is 196 Å². The highest BCUT2D eigenvalue weighted by atomic mass is 35.5. The van der Waals surface area contributed by atoms with Gasteiger partial charge in [0, 0.05) is 27.9 Å². The van der Waals surface area contributed by atoms with E-state index in [0.717, 1.165) is 39.1 Å². The lowest BCUT2D eigenvalue weighted by Gasteiger charge is -2.16. The molecule has 0 saturated heterocycles. The lowest BCUT2D eigenvalue weighted by atomic mass is 10.1. The second-order valence-electron chi connectivity index (χ2n) is 7.98. The first kappa shape index (κ1) is 21.0.